The summed E-state index contributed by atoms with van der Waals surface area (Å²) in [4.78, 5) is 12.0. The molecule has 0 unspecified atom stereocenters. The molecule has 0 aliphatic heterocycles. The molecule has 0 fully saturated rings. The van der Waals surface area contributed by atoms with Crippen molar-refractivity contribution in [2.45, 2.75) is 26.3 Å². The van der Waals surface area contributed by atoms with Crippen LogP contribution in [-0.4, -0.2) is 15.7 Å². The number of carbonyl (C=O) groups excluding carboxylic acids is 1. The predicted octanol–water partition coefficient (Wildman–Crippen LogP) is 2.44. The number of benzene rings is 1. The molecule has 21 heavy (non-hydrogen) atoms. The first-order chi connectivity index (χ1) is 10.1. The van der Waals surface area contributed by atoms with Crippen LogP contribution in [0.25, 0.3) is 0 Å². The molecule has 112 valence electrons. The van der Waals surface area contributed by atoms with E-state index in [1.807, 2.05) is 26.2 Å². The third-order valence-corrected chi connectivity index (χ3v) is 3.48. The average molecular weight is 289 g/mol. The minimum Gasteiger partial charge on any atom is -0.352 e. The molecule has 1 aromatic heterocycles. The number of hydrogen-bond donors (Lipinski definition) is 1. The molecule has 1 aromatic carbocycles. The Kier molecular flexibility index (Phi) is 5.09. The van der Waals surface area contributed by atoms with E-state index in [0.717, 1.165) is 5.56 Å². The van der Waals surface area contributed by atoms with Crippen molar-refractivity contribution in [2.75, 3.05) is 0 Å². The normalized spacial score (nSPS) is 12.1. The lowest BCUT2D eigenvalue weighted by molar-refractivity contribution is -0.124. The maximum atomic E-state index is 13.5. The zero-order valence-electron chi connectivity index (χ0n) is 12.3. The number of aromatic nitrogens is 2. The molecule has 1 amide bonds. The van der Waals surface area contributed by atoms with E-state index in [0.29, 0.717) is 24.9 Å². The Bertz CT molecular complexity index is 609. The van der Waals surface area contributed by atoms with E-state index in [2.05, 4.69) is 10.4 Å². The topological polar surface area (TPSA) is 46.9 Å². The molecule has 0 spiro atoms. The summed E-state index contributed by atoms with van der Waals surface area (Å²) in [5.41, 5.74) is 1.62. The van der Waals surface area contributed by atoms with Gasteiger partial charge in [-0.05, 0) is 24.5 Å². The number of nitrogens with one attached hydrogen (secondary N) is 1. The minimum absolute atomic E-state index is 0.0183. The van der Waals surface area contributed by atoms with Crippen LogP contribution in [0.5, 0.6) is 0 Å². The van der Waals surface area contributed by atoms with Gasteiger partial charge >= 0.3 is 0 Å². The molecule has 0 saturated carbocycles. The SMILES string of the molecule is C[C@@H](CCc1ccccc1F)C(=O)NCc1cnn(C)c1. The Morgan fingerprint density at radius 2 is 2.19 bits per heavy atom. The Hall–Kier alpha value is -2.17. The lowest BCUT2D eigenvalue weighted by Crippen LogP contribution is -2.28. The number of amides is 1. The molecule has 0 bridgehead atoms. The van der Waals surface area contributed by atoms with Gasteiger partial charge in [0.1, 0.15) is 5.82 Å². The van der Waals surface area contributed by atoms with E-state index in [-0.39, 0.29) is 17.6 Å². The molecule has 2 aromatic rings. The molecule has 5 heteroatoms. The molecule has 2 rings (SSSR count). The Balaban J connectivity index is 1.78. The van der Waals surface area contributed by atoms with Gasteiger partial charge in [0.05, 0.1) is 6.20 Å². The second kappa shape index (κ2) is 7.02. The van der Waals surface area contributed by atoms with Gasteiger partial charge in [-0.25, -0.2) is 4.39 Å². The molecule has 1 heterocycles. The lowest BCUT2D eigenvalue weighted by atomic mass is 10.00. The maximum absolute atomic E-state index is 13.5. The summed E-state index contributed by atoms with van der Waals surface area (Å²) in [6.45, 7) is 2.33. The van der Waals surface area contributed by atoms with Crippen molar-refractivity contribution in [2.24, 2.45) is 13.0 Å². The monoisotopic (exact) mass is 289 g/mol. The van der Waals surface area contributed by atoms with Crippen LogP contribution in [-0.2, 0) is 24.8 Å². The Labute approximate surface area is 124 Å². The first-order valence-electron chi connectivity index (χ1n) is 7.05. The molecule has 1 atom stereocenters. The number of rotatable bonds is 6. The first kappa shape index (κ1) is 15.2. The largest absolute Gasteiger partial charge is 0.352 e. The molecule has 0 aliphatic rings. The van der Waals surface area contributed by atoms with Crippen molar-refractivity contribution in [3.63, 3.8) is 0 Å². The Morgan fingerprint density at radius 1 is 1.43 bits per heavy atom. The fraction of sp³-hybridized carbons (Fsp3) is 0.375. The van der Waals surface area contributed by atoms with E-state index in [4.69, 9.17) is 0 Å². The van der Waals surface area contributed by atoms with Gasteiger partial charge in [0, 0.05) is 31.3 Å². The highest BCUT2D eigenvalue weighted by molar-refractivity contribution is 5.78. The molecular formula is C16H20FN3O. The van der Waals surface area contributed by atoms with Crippen LogP contribution >= 0.6 is 0 Å². The maximum Gasteiger partial charge on any atom is 0.223 e. The van der Waals surface area contributed by atoms with E-state index in [1.54, 1.807) is 23.0 Å². The second-order valence-corrected chi connectivity index (χ2v) is 5.27. The zero-order valence-corrected chi connectivity index (χ0v) is 12.3. The number of carbonyl (C=O) groups is 1. The van der Waals surface area contributed by atoms with Gasteiger partial charge in [-0.15, -0.1) is 0 Å². The predicted molar refractivity (Wildman–Crippen MR) is 78.9 cm³/mol. The minimum atomic E-state index is -0.208. The molecule has 0 saturated heterocycles. The standard InChI is InChI=1S/C16H20FN3O/c1-12(7-8-14-5-3-4-6-15(14)17)16(21)18-9-13-10-19-20(2)11-13/h3-6,10-12H,7-9H2,1-2H3,(H,18,21)/t12-/m0/s1. The highest BCUT2D eigenvalue weighted by Crippen LogP contribution is 2.13. The summed E-state index contributed by atoms with van der Waals surface area (Å²) in [5, 5.41) is 6.93. The fourth-order valence-electron chi connectivity index (χ4n) is 2.13. The summed E-state index contributed by atoms with van der Waals surface area (Å²) >= 11 is 0. The first-order valence-corrected chi connectivity index (χ1v) is 7.05. The highest BCUT2D eigenvalue weighted by Gasteiger charge is 2.13. The van der Waals surface area contributed by atoms with Gasteiger partial charge in [0.25, 0.3) is 0 Å². The number of hydrogen-bond acceptors (Lipinski definition) is 2. The number of halogens is 1. The van der Waals surface area contributed by atoms with Crippen LogP contribution in [0.1, 0.15) is 24.5 Å². The third-order valence-electron chi connectivity index (χ3n) is 3.48. The van der Waals surface area contributed by atoms with Crippen molar-refractivity contribution >= 4 is 5.91 Å². The molecule has 0 radical (unpaired) electrons. The van der Waals surface area contributed by atoms with Crippen LogP contribution in [0.2, 0.25) is 0 Å². The fourth-order valence-corrected chi connectivity index (χ4v) is 2.13. The molecule has 4 nitrogen and oxygen atoms in total. The lowest BCUT2D eigenvalue weighted by Gasteiger charge is -2.12. The highest BCUT2D eigenvalue weighted by atomic mass is 19.1. The average Bonchev–Trinajstić information content (AvgIpc) is 2.89. The van der Waals surface area contributed by atoms with Crippen LogP contribution in [0.15, 0.2) is 36.7 Å². The smallest absolute Gasteiger partial charge is 0.223 e. The summed E-state index contributed by atoms with van der Waals surface area (Å²) in [5.74, 6) is -0.378. The second-order valence-electron chi connectivity index (χ2n) is 5.27. The van der Waals surface area contributed by atoms with Crippen molar-refractivity contribution < 1.29 is 9.18 Å². The number of aryl methyl sites for hydroxylation is 2. The van der Waals surface area contributed by atoms with Crippen molar-refractivity contribution in [1.82, 2.24) is 15.1 Å². The van der Waals surface area contributed by atoms with Crippen LogP contribution in [0.4, 0.5) is 4.39 Å². The molecular weight excluding hydrogens is 269 g/mol. The van der Waals surface area contributed by atoms with Gasteiger partial charge in [-0.1, -0.05) is 25.1 Å². The summed E-state index contributed by atoms with van der Waals surface area (Å²) < 4.78 is 15.2. The van der Waals surface area contributed by atoms with Crippen molar-refractivity contribution in [3.05, 3.63) is 53.6 Å². The van der Waals surface area contributed by atoms with E-state index < -0.39 is 0 Å². The van der Waals surface area contributed by atoms with E-state index in [9.17, 15) is 9.18 Å². The quantitative estimate of drug-likeness (QED) is 0.888. The van der Waals surface area contributed by atoms with Gasteiger partial charge in [-0.3, -0.25) is 9.48 Å². The van der Waals surface area contributed by atoms with Crippen LogP contribution in [0, 0.1) is 11.7 Å². The van der Waals surface area contributed by atoms with Crippen LogP contribution < -0.4 is 5.32 Å². The third kappa shape index (κ3) is 4.41. The molecule has 0 aliphatic carbocycles. The van der Waals surface area contributed by atoms with E-state index in [1.165, 1.54) is 6.07 Å². The van der Waals surface area contributed by atoms with Gasteiger partial charge < -0.3 is 5.32 Å². The number of nitrogens with zero attached hydrogens (tertiary/aromatic N) is 2. The summed E-state index contributed by atoms with van der Waals surface area (Å²) in [7, 11) is 1.84. The van der Waals surface area contributed by atoms with Gasteiger partial charge in [-0.2, -0.15) is 5.10 Å². The summed E-state index contributed by atoms with van der Waals surface area (Å²) in [6, 6.07) is 6.69. The van der Waals surface area contributed by atoms with Gasteiger partial charge in [0.15, 0.2) is 0 Å². The van der Waals surface area contributed by atoms with Gasteiger partial charge in [0.2, 0.25) is 5.91 Å². The summed E-state index contributed by atoms with van der Waals surface area (Å²) in [6.07, 6.45) is 4.78. The molecule has 1 N–H and O–H groups in total. The van der Waals surface area contributed by atoms with Crippen LogP contribution in [0.3, 0.4) is 0 Å². The van der Waals surface area contributed by atoms with Crippen molar-refractivity contribution in [3.8, 4) is 0 Å². The Morgan fingerprint density at radius 3 is 2.86 bits per heavy atom. The zero-order chi connectivity index (χ0) is 15.2. The van der Waals surface area contributed by atoms with Crippen molar-refractivity contribution in [1.29, 1.82) is 0 Å². The van der Waals surface area contributed by atoms with E-state index >= 15 is 0 Å².